The van der Waals surface area contributed by atoms with Crippen LogP contribution in [0, 0.1) is 0 Å². The van der Waals surface area contributed by atoms with E-state index >= 15 is 0 Å². The standard InChI is InChI=1S/C13H17BrN4O2S/c1-8(15-2)6-11-16-12(20-17-11)7-18(3)13(19)9-4-5-10(14)21-9/h4-5,8,15H,6-7H2,1-3H3. The molecule has 1 atom stereocenters. The van der Waals surface area contributed by atoms with Crippen LogP contribution in [-0.4, -0.2) is 41.1 Å². The van der Waals surface area contributed by atoms with Crippen LogP contribution >= 0.6 is 27.3 Å². The summed E-state index contributed by atoms with van der Waals surface area (Å²) in [5.41, 5.74) is 0. The summed E-state index contributed by atoms with van der Waals surface area (Å²) in [6, 6.07) is 3.93. The minimum absolute atomic E-state index is 0.0611. The number of likely N-dealkylation sites (N-methyl/N-ethyl adjacent to an activating group) is 1. The van der Waals surface area contributed by atoms with Crippen molar-refractivity contribution < 1.29 is 9.32 Å². The normalized spacial score (nSPS) is 12.4. The molecule has 0 aliphatic heterocycles. The van der Waals surface area contributed by atoms with E-state index in [1.165, 1.54) is 11.3 Å². The lowest BCUT2D eigenvalue weighted by Crippen LogP contribution is -2.26. The Morgan fingerprint density at radius 2 is 2.33 bits per heavy atom. The van der Waals surface area contributed by atoms with Gasteiger partial charge in [-0.1, -0.05) is 5.16 Å². The lowest BCUT2D eigenvalue weighted by atomic mass is 10.2. The maximum atomic E-state index is 12.2. The zero-order valence-electron chi connectivity index (χ0n) is 12.1. The molecule has 0 radical (unpaired) electrons. The molecule has 0 aromatic carbocycles. The summed E-state index contributed by atoms with van der Waals surface area (Å²) in [6.07, 6.45) is 0.690. The highest BCUT2D eigenvalue weighted by atomic mass is 79.9. The minimum atomic E-state index is -0.0611. The molecule has 8 heteroatoms. The first-order valence-corrected chi connectivity index (χ1v) is 8.10. The van der Waals surface area contributed by atoms with Gasteiger partial charge >= 0.3 is 0 Å². The van der Waals surface area contributed by atoms with Crippen molar-refractivity contribution in [2.45, 2.75) is 25.9 Å². The molecule has 0 spiro atoms. The number of thiophene rings is 1. The third kappa shape index (κ3) is 4.36. The molecule has 2 aromatic heterocycles. The average Bonchev–Trinajstić information content (AvgIpc) is 3.07. The predicted octanol–water partition coefficient (Wildman–Crippen LogP) is 2.32. The molecular formula is C13H17BrN4O2S. The number of nitrogens with zero attached hydrogens (tertiary/aromatic N) is 3. The summed E-state index contributed by atoms with van der Waals surface area (Å²) in [7, 11) is 3.60. The van der Waals surface area contributed by atoms with Crippen LogP contribution in [0.5, 0.6) is 0 Å². The van der Waals surface area contributed by atoms with Gasteiger partial charge in [0.2, 0.25) is 5.89 Å². The van der Waals surface area contributed by atoms with Gasteiger partial charge in [-0.25, -0.2) is 0 Å². The van der Waals surface area contributed by atoms with Gasteiger partial charge in [-0.05, 0) is 42.0 Å². The largest absolute Gasteiger partial charge is 0.337 e. The van der Waals surface area contributed by atoms with E-state index < -0.39 is 0 Å². The number of aromatic nitrogens is 2. The molecule has 2 heterocycles. The van der Waals surface area contributed by atoms with Gasteiger partial charge in [0.05, 0.1) is 8.66 Å². The molecule has 2 aromatic rings. The number of halogens is 1. The summed E-state index contributed by atoms with van der Waals surface area (Å²) < 4.78 is 6.11. The van der Waals surface area contributed by atoms with Crippen molar-refractivity contribution in [3.8, 4) is 0 Å². The predicted molar refractivity (Wildman–Crippen MR) is 84.3 cm³/mol. The number of hydrogen-bond acceptors (Lipinski definition) is 6. The molecule has 0 saturated carbocycles. The number of rotatable bonds is 6. The van der Waals surface area contributed by atoms with Crippen molar-refractivity contribution in [3.63, 3.8) is 0 Å². The Labute approximate surface area is 135 Å². The summed E-state index contributed by atoms with van der Waals surface area (Å²) in [4.78, 5) is 18.8. The maximum absolute atomic E-state index is 12.2. The van der Waals surface area contributed by atoms with Gasteiger partial charge in [-0.2, -0.15) is 4.98 Å². The molecule has 0 saturated heterocycles. The van der Waals surface area contributed by atoms with Gasteiger partial charge in [0.15, 0.2) is 5.82 Å². The second kappa shape index (κ2) is 7.15. The fraction of sp³-hybridized carbons (Fsp3) is 0.462. The number of carbonyl (C=O) groups is 1. The SMILES string of the molecule is CNC(C)Cc1noc(CN(C)C(=O)c2ccc(Br)s2)n1. The summed E-state index contributed by atoms with van der Waals surface area (Å²) in [6.45, 7) is 2.34. The number of amides is 1. The van der Waals surface area contributed by atoms with Crippen LogP contribution in [0.1, 0.15) is 28.3 Å². The molecule has 0 fully saturated rings. The van der Waals surface area contributed by atoms with E-state index in [-0.39, 0.29) is 11.9 Å². The first kappa shape index (κ1) is 16.1. The maximum Gasteiger partial charge on any atom is 0.264 e. The Bertz CT molecular complexity index is 613. The van der Waals surface area contributed by atoms with Crippen molar-refractivity contribution in [3.05, 3.63) is 32.5 Å². The minimum Gasteiger partial charge on any atom is -0.337 e. The van der Waals surface area contributed by atoms with Gasteiger partial charge in [-0.15, -0.1) is 11.3 Å². The van der Waals surface area contributed by atoms with E-state index in [0.29, 0.717) is 29.6 Å². The Hall–Kier alpha value is -1.25. The molecule has 0 aliphatic carbocycles. The van der Waals surface area contributed by atoms with Gasteiger partial charge in [0, 0.05) is 19.5 Å². The van der Waals surface area contributed by atoms with Crippen LogP contribution in [0.25, 0.3) is 0 Å². The smallest absolute Gasteiger partial charge is 0.264 e. The third-order valence-electron chi connectivity index (χ3n) is 2.99. The molecular weight excluding hydrogens is 356 g/mol. The molecule has 21 heavy (non-hydrogen) atoms. The molecule has 2 rings (SSSR count). The molecule has 114 valence electrons. The second-order valence-corrected chi connectivity index (χ2v) is 7.23. The van der Waals surface area contributed by atoms with E-state index in [4.69, 9.17) is 4.52 Å². The topological polar surface area (TPSA) is 71.3 Å². The Morgan fingerprint density at radius 3 is 2.95 bits per heavy atom. The Kier molecular flexibility index (Phi) is 5.49. The van der Waals surface area contributed by atoms with Crippen LogP contribution in [0.4, 0.5) is 0 Å². The van der Waals surface area contributed by atoms with Crippen molar-refractivity contribution in [1.29, 1.82) is 0 Å². The van der Waals surface area contributed by atoms with Crippen LogP contribution in [-0.2, 0) is 13.0 Å². The average molecular weight is 373 g/mol. The van der Waals surface area contributed by atoms with Gasteiger partial charge < -0.3 is 14.7 Å². The molecule has 0 bridgehead atoms. The van der Waals surface area contributed by atoms with Crippen molar-refractivity contribution in [2.24, 2.45) is 0 Å². The molecule has 6 nitrogen and oxygen atoms in total. The second-order valence-electron chi connectivity index (χ2n) is 4.76. The lowest BCUT2D eigenvalue weighted by molar-refractivity contribution is 0.0774. The van der Waals surface area contributed by atoms with E-state index in [2.05, 4.69) is 31.4 Å². The zero-order valence-corrected chi connectivity index (χ0v) is 14.5. The summed E-state index contributed by atoms with van der Waals surface area (Å²) >= 11 is 4.75. The van der Waals surface area contributed by atoms with E-state index in [9.17, 15) is 4.79 Å². The van der Waals surface area contributed by atoms with Crippen LogP contribution < -0.4 is 5.32 Å². The molecule has 1 unspecified atom stereocenters. The number of carbonyl (C=O) groups excluding carboxylic acids is 1. The monoisotopic (exact) mass is 372 g/mol. The zero-order chi connectivity index (χ0) is 15.4. The Balaban J connectivity index is 1.96. The first-order valence-electron chi connectivity index (χ1n) is 6.49. The molecule has 1 N–H and O–H groups in total. The quantitative estimate of drug-likeness (QED) is 0.842. The van der Waals surface area contributed by atoms with Crippen LogP contribution in [0.15, 0.2) is 20.4 Å². The van der Waals surface area contributed by atoms with Crippen molar-refractivity contribution in [1.82, 2.24) is 20.4 Å². The van der Waals surface area contributed by atoms with Crippen LogP contribution in [0.2, 0.25) is 0 Å². The van der Waals surface area contributed by atoms with E-state index in [1.807, 2.05) is 20.0 Å². The van der Waals surface area contributed by atoms with Gasteiger partial charge in [0.1, 0.15) is 6.54 Å². The van der Waals surface area contributed by atoms with Gasteiger partial charge in [0.25, 0.3) is 5.91 Å². The van der Waals surface area contributed by atoms with Crippen LogP contribution in [0.3, 0.4) is 0 Å². The van der Waals surface area contributed by atoms with Gasteiger partial charge in [-0.3, -0.25) is 4.79 Å². The summed E-state index contributed by atoms with van der Waals surface area (Å²) in [5, 5.41) is 7.04. The third-order valence-corrected chi connectivity index (χ3v) is 4.61. The highest BCUT2D eigenvalue weighted by molar-refractivity contribution is 9.11. The first-order chi connectivity index (χ1) is 9.99. The fourth-order valence-electron chi connectivity index (χ4n) is 1.71. The number of nitrogens with one attached hydrogen (secondary N) is 1. The van der Waals surface area contributed by atoms with Crippen molar-refractivity contribution >= 4 is 33.2 Å². The van der Waals surface area contributed by atoms with E-state index in [0.717, 1.165) is 3.79 Å². The molecule has 1 amide bonds. The fourth-order valence-corrected chi connectivity index (χ4v) is 3.09. The lowest BCUT2D eigenvalue weighted by Gasteiger charge is -2.13. The van der Waals surface area contributed by atoms with E-state index in [1.54, 1.807) is 18.0 Å². The highest BCUT2D eigenvalue weighted by Gasteiger charge is 2.17. The number of hydrogen-bond donors (Lipinski definition) is 1. The van der Waals surface area contributed by atoms with Crippen molar-refractivity contribution in [2.75, 3.05) is 14.1 Å². The summed E-state index contributed by atoms with van der Waals surface area (Å²) in [5.74, 6) is 1.03. The highest BCUT2D eigenvalue weighted by Crippen LogP contribution is 2.23. The Morgan fingerprint density at radius 1 is 1.57 bits per heavy atom. The molecule has 0 aliphatic rings.